The Balaban J connectivity index is 1.37. The topological polar surface area (TPSA) is 30.7 Å². The van der Waals surface area contributed by atoms with Crippen LogP contribution in [0.5, 0.6) is 0 Å². The number of nitrogens with zero attached hydrogens (tertiary/aromatic N) is 3. The third-order valence-corrected chi connectivity index (χ3v) is 10.5. The van der Waals surface area contributed by atoms with E-state index in [-0.39, 0.29) is 0 Å². The van der Waals surface area contributed by atoms with Crippen molar-refractivity contribution in [2.24, 2.45) is 0 Å². The molecule has 0 bridgehead atoms. The Morgan fingerprint density at radius 2 is 0.904 bits per heavy atom. The van der Waals surface area contributed by atoms with Gasteiger partial charge >= 0.3 is 0 Å². The molecule has 0 N–H and O–H groups in total. The van der Waals surface area contributed by atoms with Gasteiger partial charge in [-0.15, -0.1) is 0 Å². The normalized spacial score (nSPS) is 12.8. The average Bonchev–Trinajstić information content (AvgIpc) is 3.74. The predicted octanol–water partition coefficient (Wildman–Crippen LogP) is 11.8. The second kappa shape index (κ2) is 12.2. The molecule has 52 heavy (non-hydrogen) atoms. The monoisotopic (exact) mass is 663 g/mol. The van der Waals surface area contributed by atoms with E-state index >= 15 is 0 Å². The molecule has 1 aliphatic carbocycles. The molecular weight excluding hydrogens is 631 g/mol. The molecule has 3 heteroatoms. The molecule has 0 aliphatic heterocycles. The first kappa shape index (κ1) is 30.0. The number of hydrogen-bond donors (Lipinski definition) is 0. The minimum atomic E-state index is -0.562. The molecule has 0 unspecified atom stereocenters. The molecule has 0 fully saturated rings. The Morgan fingerprint density at radius 3 is 1.48 bits per heavy atom. The zero-order chi connectivity index (χ0) is 34.5. The Bertz CT molecular complexity index is 2600. The molecule has 0 amide bonds. The van der Waals surface area contributed by atoms with E-state index in [1.54, 1.807) is 0 Å². The fraction of sp³-hybridized carbons (Fsp3) is 0.0204. The average molecular weight is 664 g/mol. The maximum absolute atomic E-state index is 5.34. The maximum atomic E-state index is 5.34. The van der Waals surface area contributed by atoms with Crippen LogP contribution in [0.3, 0.4) is 0 Å². The van der Waals surface area contributed by atoms with Gasteiger partial charge in [-0.1, -0.05) is 176 Å². The van der Waals surface area contributed by atoms with Crippen LogP contribution in [-0.4, -0.2) is 14.5 Å². The molecule has 0 saturated heterocycles. The van der Waals surface area contributed by atoms with E-state index in [0.29, 0.717) is 5.82 Å². The van der Waals surface area contributed by atoms with Gasteiger partial charge in [0.15, 0.2) is 5.82 Å². The van der Waals surface area contributed by atoms with Crippen LogP contribution in [-0.2, 0) is 5.41 Å². The molecule has 2 aromatic heterocycles. The van der Waals surface area contributed by atoms with E-state index in [2.05, 4.69) is 193 Å². The van der Waals surface area contributed by atoms with Crippen molar-refractivity contribution >= 4 is 10.9 Å². The van der Waals surface area contributed by atoms with Crippen molar-refractivity contribution in [1.82, 2.24) is 14.5 Å². The third-order valence-electron chi connectivity index (χ3n) is 10.5. The van der Waals surface area contributed by atoms with E-state index in [1.165, 1.54) is 38.9 Å². The first-order valence-corrected chi connectivity index (χ1v) is 17.8. The van der Waals surface area contributed by atoms with Crippen molar-refractivity contribution in [3.63, 3.8) is 0 Å². The molecule has 10 rings (SSSR count). The maximum Gasteiger partial charge on any atom is 0.162 e. The Labute approximate surface area is 303 Å². The molecule has 0 spiro atoms. The summed E-state index contributed by atoms with van der Waals surface area (Å²) < 4.78 is 2.47. The smallest absolute Gasteiger partial charge is 0.162 e. The van der Waals surface area contributed by atoms with Gasteiger partial charge in [-0.2, -0.15) is 0 Å². The summed E-state index contributed by atoms with van der Waals surface area (Å²) in [4.78, 5) is 10.7. The van der Waals surface area contributed by atoms with Crippen LogP contribution in [0, 0.1) is 0 Å². The number of rotatable bonds is 6. The highest BCUT2D eigenvalue weighted by molar-refractivity contribution is 6.06. The number of benzene rings is 7. The third kappa shape index (κ3) is 4.53. The van der Waals surface area contributed by atoms with E-state index < -0.39 is 5.41 Å². The van der Waals surface area contributed by atoms with E-state index in [4.69, 9.17) is 9.97 Å². The fourth-order valence-electron chi connectivity index (χ4n) is 8.36. The Morgan fingerprint density at radius 1 is 0.423 bits per heavy atom. The largest absolute Gasteiger partial charge is 0.308 e. The van der Waals surface area contributed by atoms with Gasteiger partial charge < -0.3 is 4.57 Å². The first-order valence-electron chi connectivity index (χ1n) is 17.8. The number of aromatic nitrogens is 3. The first-order chi connectivity index (χ1) is 25.8. The second-order valence-electron chi connectivity index (χ2n) is 13.3. The summed E-state index contributed by atoms with van der Waals surface area (Å²) in [5.74, 6) is 0.692. The molecular formula is C49H33N3. The van der Waals surface area contributed by atoms with Crippen LogP contribution < -0.4 is 0 Å². The lowest BCUT2D eigenvalue weighted by Crippen LogP contribution is -2.28. The van der Waals surface area contributed by atoms with Crippen molar-refractivity contribution in [2.45, 2.75) is 5.41 Å². The summed E-state index contributed by atoms with van der Waals surface area (Å²) in [5, 5.41) is 1.18. The van der Waals surface area contributed by atoms with Gasteiger partial charge in [0.1, 0.15) is 0 Å². The lowest BCUT2D eigenvalue weighted by atomic mass is 9.67. The van der Waals surface area contributed by atoms with Gasteiger partial charge in [0, 0.05) is 38.9 Å². The molecule has 0 saturated carbocycles. The summed E-state index contributed by atoms with van der Waals surface area (Å²) in [6.45, 7) is 0. The van der Waals surface area contributed by atoms with Crippen molar-refractivity contribution < 1.29 is 0 Å². The highest BCUT2D eigenvalue weighted by Gasteiger charge is 2.49. The van der Waals surface area contributed by atoms with Crippen LogP contribution in [0.25, 0.3) is 61.8 Å². The molecule has 1 aliphatic rings. The number of hydrogen-bond acceptors (Lipinski definition) is 2. The summed E-state index contributed by atoms with van der Waals surface area (Å²) in [7, 11) is 0. The van der Waals surface area contributed by atoms with Gasteiger partial charge in [0.2, 0.25) is 0 Å². The van der Waals surface area contributed by atoms with Crippen LogP contribution in [0.1, 0.15) is 22.3 Å². The van der Waals surface area contributed by atoms with Crippen molar-refractivity contribution in [3.8, 4) is 50.8 Å². The van der Waals surface area contributed by atoms with Crippen molar-refractivity contribution in [3.05, 3.63) is 222 Å². The van der Waals surface area contributed by atoms with Crippen molar-refractivity contribution in [1.29, 1.82) is 0 Å². The molecule has 0 radical (unpaired) electrons. The van der Waals surface area contributed by atoms with Crippen LogP contribution in [0.15, 0.2) is 200 Å². The summed E-state index contributed by atoms with van der Waals surface area (Å²) >= 11 is 0. The lowest BCUT2D eigenvalue weighted by Gasteiger charge is -2.33. The predicted molar refractivity (Wildman–Crippen MR) is 212 cm³/mol. The molecule has 2 heterocycles. The lowest BCUT2D eigenvalue weighted by molar-refractivity contribution is 0.775. The van der Waals surface area contributed by atoms with E-state index in [9.17, 15) is 0 Å². The molecule has 244 valence electrons. The van der Waals surface area contributed by atoms with Crippen LogP contribution in [0.4, 0.5) is 0 Å². The standard InChI is InChI=1S/C49H33N3/c1-6-19-34(20-7-1)43-33-44(35-21-8-2-9-22-35)51-48(50-43)41-31-18-30-40-45-47(52(46(40)41)38-27-14-5-15-28-38)39-29-16-17-32-42(39)49(45,36-23-10-3-11-24-36)37-25-12-4-13-26-37/h1-33H. The molecule has 7 aromatic carbocycles. The zero-order valence-corrected chi connectivity index (χ0v) is 28.4. The molecule has 3 nitrogen and oxygen atoms in total. The molecule has 9 aromatic rings. The molecule has 0 atom stereocenters. The van der Waals surface area contributed by atoms with E-state index in [0.717, 1.165) is 39.3 Å². The fourth-order valence-corrected chi connectivity index (χ4v) is 8.36. The Kier molecular flexibility index (Phi) is 7.04. The summed E-state index contributed by atoms with van der Waals surface area (Å²) in [6, 6.07) is 71.3. The zero-order valence-electron chi connectivity index (χ0n) is 28.4. The highest BCUT2D eigenvalue weighted by atomic mass is 15.0. The number of fused-ring (bicyclic) bond motifs is 5. The second-order valence-corrected chi connectivity index (χ2v) is 13.3. The summed E-state index contributed by atoms with van der Waals surface area (Å²) in [6.07, 6.45) is 0. The van der Waals surface area contributed by atoms with Gasteiger partial charge in [-0.25, -0.2) is 9.97 Å². The minimum Gasteiger partial charge on any atom is -0.308 e. The van der Waals surface area contributed by atoms with Gasteiger partial charge in [-0.05, 0) is 41.0 Å². The van der Waals surface area contributed by atoms with Gasteiger partial charge in [0.25, 0.3) is 0 Å². The quantitative estimate of drug-likeness (QED) is 0.177. The highest BCUT2D eigenvalue weighted by Crippen LogP contribution is 2.60. The van der Waals surface area contributed by atoms with E-state index in [1.807, 2.05) is 12.1 Å². The van der Waals surface area contributed by atoms with Crippen LogP contribution >= 0.6 is 0 Å². The van der Waals surface area contributed by atoms with Gasteiger partial charge in [0.05, 0.1) is 28.0 Å². The van der Waals surface area contributed by atoms with Crippen molar-refractivity contribution in [2.75, 3.05) is 0 Å². The van der Waals surface area contributed by atoms with Crippen LogP contribution in [0.2, 0.25) is 0 Å². The Hall–Kier alpha value is -6.84. The summed E-state index contributed by atoms with van der Waals surface area (Å²) in [5.41, 5.74) is 13.9. The SMILES string of the molecule is c1ccc(-c2cc(-c3ccccc3)nc(-c3cccc4c5c(n(-c6ccccc6)c34)-c3ccccc3C5(c3ccccc3)c3ccccc3)n2)cc1. The van der Waals surface area contributed by atoms with Gasteiger partial charge in [-0.3, -0.25) is 0 Å². The number of para-hydroxylation sites is 2. The minimum absolute atomic E-state index is 0.562.